The van der Waals surface area contributed by atoms with Gasteiger partial charge in [-0.05, 0) is 109 Å². The average Bonchev–Trinajstić information content (AvgIpc) is 4.08. The van der Waals surface area contributed by atoms with Crippen LogP contribution in [0.2, 0.25) is 0 Å². The molecule has 3 aliphatic rings. The Hall–Kier alpha value is -8.20. The maximum atomic E-state index is 7.05. The molecule has 0 amide bonds. The number of benzene rings is 10. The smallest absolute Gasteiger partial charge is 0.137 e. The molecule has 0 N–H and O–H groups in total. The van der Waals surface area contributed by atoms with Gasteiger partial charge in [0.05, 0.1) is 27.6 Å². The first-order chi connectivity index (χ1) is 31.8. The van der Waals surface area contributed by atoms with Gasteiger partial charge in [-0.3, -0.25) is 0 Å². The highest BCUT2D eigenvalue weighted by atomic mass is 16.3. The Morgan fingerprint density at radius 1 is 0.281 bits per heavy atom. The quantitative estimate of drug-likeness (QED) is 0.172. The van der Waals surface area contributed by atoms with Crippen molar-refractivity contribution in [2.24, 2.45) is 0 Å². The van der Waals surface area contributed by atoms with E-state index >= 15 is 0 Å². The number of hydrogen-bond donors (Lipinski definition) is 0. The van der Waals surface area contributed by atoms with Gasteiger partial charge >= 0.3 is 0 Å². The largest absolute Gasteiger partial charge is 0.456 e. The lowest BCUT2D eigenvalue weighted by Gasteiger charge is -2.35. The lowest BCUT2D eigenvalue weighted by atomic mass is 9.66. The van der Waals surface area contributed by atoms with Gasteiger partial charge in [-0.2, -0.15) is 0 Å². The zero-order valence-electron chi connectivity index (χ0n) is 34.9. The summed E-state index contributed by atoms with van der Waals surface area (Å²) < 4.78 is 7.05. The fourth-order valence-electron chi connectivity index (χ4n) is 12.3. The Morgan fingerprint density at radius 2 is 0.688 bits per heavy atom. The average molecular weight is 814 g/mol. The molecule has 0 aliphatic heterocycles. The number of anilines is 3. The molecule has 11 aromatic rings. The van der Waals surface area contributed by atoms with Crippen LogP contribution in [-0.4, -0.2) is 0 Å². The molecule has 0 saturated carbocycles. The van der Waals surface area contributed by atoms with Gasteiger partial charge in [0.2, 0.25) is 0 Å². The van der Waals surface area contributed by atoms with Crippen LogP contribution in [0.1, 0.15) is 44.5 Å². The zero-order chi connectivity index (χ0) is 42.0. The van der Waals surface area contributed by atoms with Crippen LogP contribution in [0.5, 0.6) is 0 Å². The van der Waals surface area contributed by atoms with Crippen molar-refractivity contribution in [2.75, 3.05) is 4.90 Å². The van der Waals surface area contributed by atoms with Crippen molar-refractivity contribution in [3.63, 3.8) is 0 Å². The molecule has 0 radical (unpaired) electrons. The van der Waals surface area contributed by atoms with Crippen molar-refractivity contribution in [2.45, 2.75) is 10.8 Å². The third kappa shape index (κ3) is 4.39. The minimum absolute atomic E-state index is 0.468. The number of hydrogen-bond acceptors (Lipinski definition) is 2. The topological polar surface area (TPSA) is 16.4 Å². The molecule has 2 nitrogen and oxygen atoms in total. The maximum Gasteiger partial charge on any atom is 0.137 e. The summed E-state index contributed by atoms with van der Waals surface area (Å²) in [6.07, 6.45) is 0. The SMILES string of the molecule is c1ccc(N(c2cccc3c2-c2ccccc2C32c3ccccc3-c3ccccc32)c2cccc3oc4cccc(C5(c6ccccc6)c6ccccc6-c6ccccc65)c4c23)cc1. The molecule has 0 unspecified atom stereocenters. The van der Waals surface area contributed by atoms with Crippen LogP contribution in [0.3, 0.4) is 0 Å². The fraction of sp³-hybridized carbons (Fsp3) is 0.0323. The van der Waals surface area contributed by atoms with Gasteiger partial charge in [-0.1, -0.05) is 200 Å². The zero-order valence-corrected chi connectivity index (χ0v) is 34.9. The van der Waals surface area contributed by atoms with Gasteiger partial charge in [-0.15, -0.1) is 0 Å². The van der Waals surface area contributed by atoms with Crippen molar-refractivity contribution >= 4 is 39.0 Å². The van der Waals surface area contributed by atoms with Crippen LogP contribution in [0.15, 0.2) is 241 Å². The van der Waals surface area contributed by atoms with Crippen molar-refractivity contribution in [3.05, 3.63) is 281 Å². The van der Waals surface area contributed by atoms with Gasteiger partial charge in [0, 0.05) is 16.6 Å². The molecule has 64 heavy (non-hydrogen) atoms. The van der Waals surface area contributed by atoms with E-state index in [4.69, 9.17) is 4.42 Å². The molecular formula is C62H39NO. The molecule has 0 bridgehead atoms. The molecule has 0 saturated heterocycles. The normalized spacial score (nSPS) is 14.2. The summed E-state index contributed by atoms with van der Waals surface area (Å²) in [6.45, 7) is 0. The summed E-state index contributed by atoms with van der Waals surface area (Å²) in [5, 5.41) is 2.21. The predicted molar refractivity (Wildman–Crippen MR) is 262 cm³/mol. The van der Waals surface area contributed by atoms with Crippen LogP contribution < -0.4 is 4.90 Å². The maximum absolute atomic E-state index is 7.05. The summed E-state index contributed by atoms with van der Waals surface area (Å²) in [7, 11) is 0. The van der Waals surface area contributed by atoms with E-state index in [0.717, 1.165) is 39.0 Å². The first-order valence-electron chi connectivity index (χ1n) is 22.3. The summed E-state index contributed by atoms with van der Waals surface area (Å²) >= 11 is 0. The lowest BCUT2D eigenvalue weighted by molar-refractivity contribution is 0.667. The van der Waals surface area contributed by atoms with Crippen LogP contribution in [0.4, 0.5) is 17.1 Å². The van der Waals surface area contributed by atoms with E-state index in [0.29, 0.717) is 0 Å². The van der Waals surface area contributed by atoms with E-state index in [1.807, 2.05) is 0 Å². The summed E-state index contributed by atoms with van der Waals surface area (Å²) in [5.74, 6) is 0. The number of nitrogens with zero attached hydrogens (tertiary/aromatic N) is 1. The second kappa shape index (κ2) is 13.2. The number of furan rings is 1. The Morgan fingerprint density at radius 3 is 1.28 bits per heavy atom. The Balaban J connectivity index is 1.10. The second-order valence-corrected chi connectivity index (χ2v) is 17.4. The number of rotatable bonds is 5. The van der Waals surface area contributed by atoms with E-state index in [1.165, 1.54) is 77.9 Å². The minimum Gasteiger partial charge on any atom is -0.456 e. The first-order valence-corrected chi connectivity index (χ1v) is 22.3. The molecule has 1 spiro atoms. The highest BCUT2D eigenvalue weighted by Crippen LogP contribution is 2.65. The molecule has 0 fully saturated rings. The Labute approximate surface area is 372 Å². The van der Waals surface area contributed by atoms with Crippen LogP contribution >= 0.6 is 0 Å². The predicted octanol–water partition coefficient (Wildman–Crippen LogP) is 15.8. The molecule has 1 heterocycles. The molecular weight excluding hydrogens is 775 g/mol. The summed E-state index contributed by atoms with van der Waals surface area (Å²) in [5.41, 5.74) is 21.8. The molecule has 3 aliphatic carbocycles. The minimum atomic E-state index is -0.613. The summed E-state index contributed by atoms with van der Waals surface area (Å²) in [6, 6.07) is 87.4. The first kappa shape index (κ1) is 35.4. The Bertz CT molecular complexity index is 3600. The highest BCUT2D eigenvalue weighted by Gasteiger charge is 2.53. The van der Waals surface area contributed by atoms with E-state index in [1.54, 1.807) is 0 Å². The van der Waals surface area contributed by atoms with Crippen LogP contribution in [-0.2, 0) is 10.8 Å². The number of para-hydroxylation sites is 1. The molecule has 14 rings (SSSR count). The molecule has 1 aromatic heterocycles. The van der Waals surface area contributed by atoms with E-state index in [9.17, 15) is 0 Å². The van der Waals surface area contributed by atoms with Gasteiger partial charge in [0.25, 0.3) is 0 Å². The molecule has 298 valence electrons. The Kier molecular flexibility index (Phi) is 7.28. The second-order valence-electron chi connectivity index (χ2n) is 17.4. The summed E-state index contributed by atoms with van der Waals surface area (Å²) in [4.78, 5) is 2.50. The van der Waals surface area contributed by atoms with Crippen LogP contribution in [0, 0.1) is 0 Å². The van der Waals surface area contributed by atoms with Crippen molar-refractivity contribution < 1.29 is 4.42 Å². The van der Waals surface area contributed by atoms with Gasteiger partial charge < -0.3 is 9.32 Å². The van der Waals surface area contributed by atoms with Crippen molar-refractivity contribution in [1.29, 1.82) is 0 Å². The fourth-order valence-corrected chi connectivity index (χ4v) is 12.3. The van der Waals surface area contributed by atoms with Crippen molar-refractivity contribution in [1.82, 2.24) is 0 Å². The van der Waals surface area contributed by atoms with E-state index in [-0.39, 0.29) is 0 Å². The highest BCUT2D eigenvalue weighted by molar-refractivity contribution is 6.17. The van der Waals surface area contributed by atoms with Crippen LogP contribution in [0.25, 0.3) is 55.3 Å². The number of fused-ring (bicyclic) bond motifs is 16. The third-order valence-electron chi connectivity index (χ3n) is 14.6. The van der Waals surface area contributed by atoms with Crippen molar-refractivity contribution in [3.8, 4) is 33.4 Å². The lowest BCUT2D eigenvalue weighted by Crippen LogP contribution is -2.28. The third-order valence-corrected chi connectivity index (χ3v) is 14.6. The van der Waals surface area contributed by atoms with Gasteiger partial charge in [0.1, 0.15) is 11.2 Å². The monoisotopic (exact) mass is 813 g/mol. The standard InChI is InChI=1S/C62H39NO/c1-3-20-40(21-4-1)61(47-29-12-7-24-42(47)43-25-8-13-30-48(43)61)53-35-18-38-56-59(53)60-55(37-19-39-57(60)64-56)63(41-22-5-2-6-23-41)54-36-17-34-52-58(54)46-28-11-16-33-51(46)62(52)49-31-14-9-26-44(49)45-27-10-15-32-50(45)62/h1-39H. The van der Waals surface area contributed by atoms with Gasteiger partial charge in [-0.25, -0.2) is 0 Å². The molecule has 2 heteroatoms. The molecule has 10 aromatic carbocycles. The van der Waals surface area contributed by atoms with Gasteiger partial charge in [0.15, 0.2) is 0 Å². The van der Waals surface area contributed by atoms with E-state index < -0.39 is 10.8 Å². The van der Waals surface area contributed by atoms with E-state index in [2.05, 4.69) is 241 Å². The molecule has 0 atom stereocenters.